The maximum Gasteiger partial charge on any atom is 0.209 e. The number of tetrazole rings is 1. The number of carbonyl (C=O) groups excluding carboxylic acids is 2. The molecule has 1 aromatic heterocycles. The van der Waals surface area contributed by atoms with Crippen molar-refractivity contribution in [3.05, 3.63) is 59.4 Å². The Morgan fingerprint density at radius 3 is 2.76 bits per heavy atom. The number of carbonyl (C=O) groups is 2. The fraction of sp³-hybridized carbons (Fsp3) is 0.375. The Labute approximate surface area is 189 Å². The first-order chi connectivity index (χ1) is 16.0. The number of rotatable bonds is 3. The molecule has 1 aliphatic heterocycles. The van der Waals surface area contributed by atoms with Gasteiger partial charge in [-0.1, -0.05) is 18.2 Å². The van der Waals surface area contributed by atoms with E-state index in [1.807, 2.05) is 30.3 Å². The summed E-state index contributed by atoms with van der Waals surface area (Å²) in [4.78, 5) is 27.4. The van der Waals surface area contributed by atoms with Crippen LogP contribution in [0.5, 0.6) is 11.5 Å². The highest BCUT2D eigenvalue weighted by Crippen LogP contribution is 2.62. The summed E-state index contributed by atoms with van der Waals surface area (Å²) in [5, 5.41) is 33.7. The molecule has 1 saturated heterocycles. The highest BCUT2D eigenvalue weighted by Gasteiger charge is 2.63. The molecule has 33 heavy (non-hydrogen) atoms. The molecule has 4 unspecified atom stereocenters. The monoisotopic (exact) mass is 445 g/mol. The summed E-state index contributed by atoms with van der Waals surface area (Å²) in [5.74, 6) is -0.317. The van der Waals surface area contributed by atoms with Crippen LogP contribution in [0.3, 0.4) is 0 Å². The van der Waals surface area contributed by atoms with Crippen LogP contribution >= 0.6 is 0 Å². The van der Waals surface area contributed by atoms with Crippen molar-refractivity contribution in [3.8, 4) is 17.2 Å². The van der Waals surface area contributed by atoms with E-state index in [1.165, 1.54) is 6.07 Å². The van der Waals surface area contributed by atoms with Crippen LogP contribution in [0.2, 0.25) is 0 Å². The summed E-state index contributed by atoms with van der Waals surface area (Å²) in [6.45, 7) is 0.473. The topological polar surface area (TPSA) is 121 Å². The minimum Gasteiger partial charge on any atom is -0.508 e. The van der Waals surface area contributed by atoms with Gasteiger partial charge in [-0.25, -0.2) is 0 Å². The van der Waals surface area contributed by atoms with Crippen molar-refractivity contribution in [2.24, 2.45) is 5.92 Å². The van der Waals surface area contributed by atoms with Gasteiger partial charge >= 0.3 is 0 Å². The lowest BCUT2D eigenvalue weighted by atomic mass is 9.47. The predicted molar refractivity (Wildman–Crippen MR) is 116 cm³/mol. The van der Waals surface area contributed by atoms with Crippen molar-refractivity contribution in [1.29, 1.82) is 0 Å². The van der Waals surface area contributed by atoms with Crippen LogP contribution in [0.15, 0.2) is 42.5 Å². The number of phenols is 2. The SMILES string of the molecule is O=CN1CCC23c4c(O)cc(O)cc4CC1C2CCC(=O)C3c1nnnn1-c1ccccc1. The molecular weight excluding hydrogens is 422 g/mol. The first kappa shape index (κ1) is 19.9. The molecule has 2 heterocycles. The number of aromatic nitrogens is 4. The van der Waals surface area contributed by atoms with Gasteiger partial charge in [-0.2, -0.15) is 4.68 Å². The number of ketones is 1. The van der Waals surface area contributed by atoms with Gasteiger partial charge < -0.3 is 15.1 Å². The lowest BCUT2D eigenvalue weighted by molar-refractivity contribution is -0.135. The third-order valence-electron chi connectivity index (χ3n) is 7.84. The minimum absolute atomic E-state index is 0.0218. The maximum absolute atomic E-state index is 13.6. The van der Waals surface area contributed by atoms with Crippen LogP contribution in [0.25, 0.3) is 5.69 Å². The molecular formula is C24H23N5O4. The second kappa shape index (κ2) is 7.13. The number of phenolic OH excluding ortho intramolecular Hbond substituents is 2. The van der Waals surface area contributed by atoms with Gasteiger partial charge in [0.2, 0.25) is 6.41 Å². The summed E-state index contributed by atoms with van der Waals surface area (Å²) in [6.07, 6.45) is 2.87. The number of aromatic hydroxyl groups is 2. The second-order valence-corrected chi connectivity index (χ2v) is 9.23. The van der Waals surface area contributed by atoms with Gasteiger partial charge in [0.05, 0.1) is 11.6 Å². The number of benzene rings is 2. The van der Waals surface area contributed by atoms with Crippen LogP contribution in [0, 0.1) is 5.92 Å². The molecule has 168 valence electrons. The van der Waals surface area contributed by atoms with E-state index in [4.69, 9.17) is 0 Å². The molecule has 2 aliphatic carbocycles. The van der Waals surface area contributed by atoms with Gasteiger partial charge in [-0.3, -0.25) is 9.59 Å². The van der Waals surface area contributed by atoms with E-state index in [2.05, 4.69) is 15.5 Å². The maximum atomic E-state index is 13.6. The quantitative estimate of drug-likeness (QED) is 0.590. The van der Waals surface area contributed by atoms with Crippen LogP contribution in [0.1, 0.15) is 42.1 Å². The molecule has 9 nitrogen and oxygen atoms in total. The van der Waals surface area contributed by atoms with E-state index in [-0.39, 0.29) is 29.2 Å². The number of hydrogen-bond acceptors (Lipinski definition) is 7. The van der Waals surface area contributed by atoms with Gasteiger partial charge in [-0.05, 0) is 59.4 Å². The minimum atomic E-state index is -0.772. The number of likely N-dealkylation sites (tertiary alicyclic amines) is 1. The molecule has 2 aromatic carbocycles. The molecule has 0 radical (unpaired) electrons. The molecule has 3 aromatic rings. The number of hydrogen-bond donors (Lipinski definition) is 2. The Bertz CT molecular complexity index is 1260. The van der Waals surface area contributed by atoms with Gasteiger partial charge in [0.15, 0.2) is 5.82 Å². The van der Waals surface area contributed by atoms with Gasteiger partial charge in [0.1, 0.15) is 17.3 Å². The van der Waals surface area contributed by atoms with Crippen molar-refractivity contribution in [3.63, 3.8) is 0 Å². The van der Waals surface area contributed by atoms with Crippen molar-refractivity contribution in [1.82, 2.24) is 25.1 Å². The molecule has 2 N–H and O–H groups in total. The molecule has 2 bridgehead atoms. The Kier molecular flexibility index (Phi) is 4.30. The highest BCUT2D eigenvalue weighted by molar-refractivity contribution is 5.89. The first-order valence-corrected chi connectivity index (χ1v) is 11.2. The van der Waals surface area contributed by atoms with E-state index in [0.29, 0.717) is 43.6 Å². The fourth-order valence-corrected chi connectivity index (χ4v) is 6.72. The van der Waals surface area contributed by atoms with Crippen LogP contribution in [-0.4, -0.2) is 60.1 Å². The van der Waals surface area contributed by atoms with E-state index in [9.17, 15) is 19.8 Å². The normalized spacial score (nSPS) is 28.2. The summed E-state index contributed by atoms with van der Waals surface area (Å²) in [5.41, 5.74) is 1.43. The van der Waals surface area contributed by atoms with E-state index >= 15 is 0 Å². The molecule has 9 heteroatoms. The number of Topliss-reactive ketones (excluding diaryl/α,β-unsaturated/α-hetero) is 1. The molecule has 6 rings (SSSR count). The summed E-state index contributed by atoms with van der Waals surface area (Å²) in [6, 6.07) is 12.3. The predicted octanol–water partition coefficient (Wildman–Crippen LogP) is 1.86. The van der Waals surface area contributed by atoms with Crippen molar-refractivity contribution in [2.45, 2.75) is 43.1 Å². The number of nitrogens with zero attached hydrogens (tertiary/aromatic N) is 5. The lowest BCUT2D eigenvalue weighted by Crippen LogP contribution is -2.64. The number of amides is 1. The number of para-hydroxylation sites is 1. The molecule has 4 atom stereocenters. The third-order valence-corrected chi connectivity index (χ3v) is 7.84. The van der Waals surface area contributed by atoms with E-state index in [1.54, 1.807) is 15.6 Å². The van der Waals surface area contributed by atoms with Gasteiger partial charge in [0.25, 0.3) is 0 Å². The van der Waals surface area contributed by atoms with E-state index in [0.717, 1.165) is 17.7 Å². The van der Waals surface area contributed by atoms with Crippen LogP contribution < -0.4 is 0 Å². The zero-order valence-electron chi connectivity index (χ0n) is 17.8. The Morgan fingerprint density at radius 2 is 1.97 bits per heavy atom. The molecule has 1 saturated carbocycles. The van der Waals surface area contributed by atoms with Crippen molar-refractivity contribution in [2.75, 3.05) is 6.54 Å². The largest absolute Gasteiger partial charge is 0.508 e. The Balaban J connectivity index is 1.62. The van der Waals surface area contributed by atoms with Crippen LogP contribution in [-0.2, 0) is 21.4 Å². The van der Waals surface area contributed by atoms with Crippen molar-refractivity contribution < 1.29 is 19.8 Å². The highest BCUT2D eigenvalue weighted by atomic mass is 16.3. The Morgan fingerprint density at radius 1 is 1.15 bits per heavy atom. The zero-order valence-corrected chi connectivity index (χ0v) is 17.8. The Hall–Kier alpha value is -3.75. The summed E-state index contributed by atoms with van der Waals surface area (Å²) in [7, 11) is 0. The van der Waals surface area contributed by atoms with Gasteiger partial charge in [0, 0.05) is 36.1 Å². The molecule has 1 amide bonds. The van der Waals surface area contributed by atoms with E-state index < -0.39 is 11.3 Å². The zero-order chi connectivity index (χ0) is 22.7. The third kappa shape index (κ3) is 2.68. The van der Waals surface area contributed by atoms with Crippen molar-refractivity contribution >= 4 is 12.2 Å². The molecule has 3 aliphatic rings. The number of fused-ring (bicyclic) bond motifs is 1. The fourth-order valence-electron chi connectivity index (χ4n) is 6.72. The lowest BCUT2D eigenvalue weighted by Gasteiger charge is -2.60. The molecule has 0 spiro atoms. The average molecular weight is 445 g/mol. The average Bonchev–Trinajstić information content (AvgIpc) is 3.28. The summed E-state index contributed by atoms with van der Waals surface area (Å²) >= 11 is 0. The first-order valence-electron chi connectivity index (χ1n) is 11.2. The second-order valence-electron chi connectivity index (χ2n) is 9.23. The van der Waals surface area contributed by atoms with Gasteiger partial charge in [-0.15, -0.1) is 5.10 Å². The van der Waals surface area contributed by atoms with Crippen LogP contribution in [0.4, 0.5) is 0 Å². The number of piperidine rings is 1. The molecule has 2 fully saturated rings. The summed E-state index contributed by atoms with van der Waals surface area (Å²) < 4.78 is 1.60. The smallest absolute Gasteiger partial charge is 0.209 e. The standard InChI is InChI=1S/C24H23N5O4/c30-13-28-9-8-24-17(18(28)11-14-10-16(31)12-20(33)21(14)24)6-7-19(32)22(24)23-25-26-27-29(23)15-4-2-1-3-5-15/h1-5,10,12-13,17-18,22,31,33H,6-9,11H2.